The van der Waals surface area contributed by atoms with Crippen LogP contribution in [0.2, 0.25) is 0 Å². The van der Waals surface area contributed by atoms with Crippen LogP contribution in [0.15, 0.2) is 235 Å². The van der Waals surface area contributed by atoms with E-state index in [1.807, 2.05) is 22.8 Å². The third-order valence-electron chi connectivity index (χ3n) is 15.4. The van der Waals surface area contributed by atoms with Crippen molar-refractivity contribution in [2.75, 3.05) is 4.90 Å². The molecule has 0 bridgehead atoms. The maximum Gasteiger partial charge on any atom is 0.263 e. The van der Waals surface area contributed by atoms with Crippen molar-refractivity contribution in [3.8, 4) is 39.1 Å². The maximum atomic E-state index is 15.0. The zero-order valence-electron chi connectivity index (χ0n) is 35.7. The molecule has 15 rings (SSSR count). The highest BCUT2D eigenvalue weighted by molar-refractivity contribution is 6.10. The Morgan fingerprint density at radius 3 is 1.50 bits per heavy atom. The number of pyridine rings is 1. The molecule has 2 aliphatic heterocycles. The van der Waals surface area contributed by atoms with E-state index in [1.54, 1.807) is 0 Å². The summed E-state index contributed by atoms with van der Waals surface area (Å²) in [4.78, 5) is 17.5. The molecule has 66 heavy (non-hydrogen) atoms. The molecule has 306 valence electrons. The molecule has 0 fully saturated rings. The minimum Gasteiger partial charge on any atom is -0.310 e. The molecule has 10 aromatic carbocycles. The number of aromatic nitrogens is 1. The molecule has 0 radical (unpaired) electrons. The predicted octanol–water partition coefficient (Wildman–Crippen LogP) is 14.6. The van der Waals surface area contributed by atoms with Gasteiger partial charge in [-0.2, -0.15) is 0 Å². The van der Waals surface area contributed by atoms with Crippen LogP contribution in [-0.4, -0.2) is 4.57 Å². The third-order valence-corrected chi connectivity index (χ3v) is 15.4. The molecule has 3 heteroatoms. The maximum absolute atomic E-state index is 15.0. The summed E-state index contributed by atoms with van der Waals surface area (Å²) in [7, 11) is 0. The molecule has 1 aromatic heterocycles. The first-order valence-corrected chi connectivity index (χ1v) is 22.9. The van der Waals surface area contributed by atoms with E-state index in [9.17, 15) is 4.79 Å². The van der Waals surface area contributed by atoms with Gasteiger partial charge in [-0.3, -0.25) is 9.36 Å². The Labute approximate surface area is 381 Å². The van der Waals surface area contributed by atoms with Crippen LogP contribution in [0.3, 0.4) is 0 Å². The van der Waals surface area contributed by atoms with Crippen LogP contribution >= 0.6 is 0 Å². The molecule has 1 atom stereocenters. The van der Waals surface area contributed by atoms with Crippen LogP contribution in [0.25, 0.3) is 60.7 Å². The summed E-state index contributed by atoms with van der Waals surface area (Å²) in [6, 6.07) is 84.5. The summed E-state index contributed by atoms with van der Waals surface area (Å²) < 4.78 is 2.00. The smallest absolute Gasteiger partial charge is 0.263 e. The lowest BCUT2D eigenvalue weighted by Gasteiger charge is -2.49. The van der Waals surface area contributed by atoms with Gasteiger partial charge in [-0.1, -0.05) is 188 Å². The van der Waals surface area contributed by atoms with Crippen LogP contribution in [0.5, 0.6) is 0 Å². The number of para-hydroxylation sites is 3. The molecule has 0 saturated carbocycles. The first kappa shape index (κ1) is 35.9. The molecule has 0 saturated heterocycles. The van der Waals surface area contributed by atoms with Gasteiger partial charge in [0.2, 0.25) is 0 Å². The van der Waals surface area contributed by atoms with Gasteiger partial charge in [0.15, 0.2) is 0 Å². The van der Waals surface area contributed by atoms with Crippen molar-refractivity contribution >= 4 is 38.7 Å². The summed E-state index contributed by atoms with van der Waals surface area (Å²) in [5.74, 6) is 0. The molecule has 0 N–H and O–H groups in total. The number of hydrogen-bond donors (Lipinski definition) is 0. The molecule has 11 aromatic rings. The quantitative estimate of drug-likeness (QED) is 0.162. The second-order valence-electron chi connectivity index (χ2n) is 18.2. The van der Waals surface area contributed by atoms with Crippen molar-refractivity contribution < 1.29 is 0 Å². The number of benzene rings is 10. The monoisotopic (exact) mass is 838 g/mol. The SMILES string of the molecule is O=c1c2ccccc2c2cccc3c2n1-c1ccccc1C31c2ccccc2N(c2ccc3c(c2)C2(c4ccccc4-c4ccccc42)c2ccccc2-3)c2ccc(-c3ccccc3)cc21. The topological polar surface area (TPSA) is 25.2 Å². The molecule has 2 aliphatic carbocycles. The van der Waals surface area contributed by atoms with Gasteiger partial charge in [-0.05, 0) is 126 Å². The molecule has 0 amide bonds. The van der Waals surface area contributed by atoms with Crippen LogP contribution in [0, 0.1) is 0 Å². The summed E-state index contributed by atoms with van der Waals surface area (Å²) in [6.45, 7) is 0. The Morgan fingerprint density at radius 2 is 0.803 bits per heavy atom. The van der Waals surface area contributed by atoms with Crippen LogP contribution in [0.1, 0.15) is 44.5 Å². The van der Waals surface area contributed by atoms with Crippen molar-refractivity contribution in [2.45, 2.75) is 10.8 Å². The van der Waals surface area contributed by atoms with E-state index in [4.69, 9.17) is 0 Å². The van der Waals surface area contributed by atoms with Crippen molar-refractivity contribution in [3.05, 3.63) is 285 Å². The van der Waals surface area contributed by atoms with Gasteiger partial charge in [0, 0.05) is 16.5 Å². The Bertz CT molecular complexity index is 3930. The zero-order chi connectivity index (χ0) is 43.3. The van der Waals surface area contributed by atoms with Gasteiger partial charge in [-0.25, -0.2) is 0 Å². The van der Waals surface area contributed by atoms with E-state index in [0.717, 1.165) is 66.7 Å². The molecule has 3 heterocycles. The number of fused-ring (bicyclic) bond motifs is 20. The van der Waals surface area contributed by atoms with Crippen LogP contribution in [0.4, 0.5) is 17.1 Å². The summed E-state index contributed by atoms with van der Waals surface area (Å²) in [5.41, 5.74) is 21.1. The normalized spacial score (nSPS) is 16.1. The average molecular weight is 839 g/mol. The van der Waals surface area contributed by atoms with E-state index >= 15 is 0 Å². The van der Waals surface area contributed by atoms with Gasteiger partial charge < -0.3 is 4.90 Å². The Morgan fingerprint density at radius 1 is 0.303 bits per heavy atom. The molecule has 4 aliphatic rings. The highest BCUT2D eigenvalue weighted by atomic mass is 16.1. The minimum absolute atomic E-state index is 0.0000397. The second-order valence-corrected chi connectivity index (χ2v) is 18.2. The number of nitrogens with zero attached hydrogens (tertiary/aromatic N) is 2. The van der Waals surface area contributed by atoms with Crippen molar-refractivity contribution in [3.63, 3.8) is 0 Å². The Kier molecular flexibility index (Phi) is 6.96. The molecule has 1 unspecified atom stereocenters. The van der Waals surface area contributed by atoms with Crippen molar-refractivity contribution in [2.24, 2.45) is 0 Å². The van der Waals surface area contributed by atoms with Crippen molar-refractivity contribution in [1.82, 2.24) is 4.57 Å². The van der Waals surface area contributed by atoms with E-state index in [2.05, 4.69) is 217 Å². The molecular formula is C63H38N2O. The lowest BCUT2D eigenvalue weighted by atomic mass is 9.60. The molecular weight excluding hydrogens is 801 g/mol. The minimum atomic E-state index is -0.796. The van der Waals surface area contributed by atoms with E-state index < -0.39 is 10.8 Å². The third kappa shape index (κ3) is 4.22. The van der Waals surface area contributed by atoms with E-state index in [1.165, 1.54) is 55.6 Å². The van der Waals surface area contributed by atoms with Gasteiger partial charge in [-0.15, -0.1) is 0 Å². The van der Waals surface area contributed by atoms with E-state index in [0.29, 0.717) is 0 Å². The number of hydrogen-bond acceptors (Lipinski definition) is 2. The summed E-state index contributed by atoms with van der Waals surface area (Å²) >= 11 is 0. The molecule has 2 spiro atoms. The fourth-order valence-corrected chi connectivity index (χ4v) is 13.0. The lowest BCUT2D eigenvalue weighted by Crippen LogP contribution is -2.42. The predicted molar refractivity (Wildman–Crippen MR) is 269 cm³/mol. The average Bonchev–Trinajstić information content (AvgIpc) is 3.85. The molecule has 3 nitrogen and oxygen atoms in total. The highest BCUT2D eigenvalue weighted by Crippen LogP contribution is 2.65. The largest absolute Gasteiger partial charge is 0.310 e. The lowest BCUT2D eigenvalue weighted by molar-refractivity contribution is 0.709. The number of rotatable bonds is 2. The van der Waals surface area contributed by atoms with Crippen molar-refractivity contribution in [1.29, 1.82) is 0 Å². The fourth-order valence-electron chi connectivity index (χ4n) is 13.0. The first-order valence-electron chi connectivity index (χ1n) is 22.9. The van der Waals surface area contributed by atoms with Gasteiger partial charge in [0.1, 0.15) is 0 Å². The Balaban J connectivity index is 1.07. The van der Waals surface area contributed by atoms with Crippen LogP contribution < -0.4 is 10.5 Å². The van der Waals surface area contributed by atoms with E-state index in [-0.39, 0.29) is 5.56 Å². The van der Waals surface area contributed by atoms with Gasteiger partial charge in [0.25, 0.3) is 5.56 Å². The Hall–Kier alpha value is -8.53. The van der Waals surface area contributed by atoms with Crippen LogP contribution in [-0.2, 0) is 10.8 Å². The number of anilines is 3. The summed E-state index contributed by atoms with van der Waals surface area (Å²) in [5, 5.41) is 2.76. The second kappa shape index (κ2) is 12.8. The fraction of sp³-hybridized carbons (Fsp3) is 0.0317. The van der Waals surface area contributed by atoms with Gasteiger partial charge >= 0.3 is 0 Å². The van der Waals surface area contributed by atoms with Gasteiger partial charge in [0.05, 0.1) is 33.4 Å². The zero-order valence-corrected chi connectivity index (χ0v) is 35.7. The summed E-state index contributed by atoms with van der Waals surface area (Å²) in [6.07, 6.45) is 0. The highest BCUT2D eigenvalue weighted by Gasteiger charge is 2.54. The standard InChI is InChI=1S/C63H38N2O/c66-61-48-23-5-4-19-42(48)47-24-16-30-54-60(47)65(61)58-32-15-13-29-53(58)63(54)52-28-12-14-31-57(52)64(59-36-33-40(37-56(59)63)39-17-2-1-3-18-39)41-34-35-46-45-22-8-11-27-51(45)62(55(46)38-41)49-25-9-6-20-43(49)44-21-7-10-26-50(44)62/h1-38H. The first-order chi connectivity index (χ1) is 32.7.